The zero-order chi connectivity index (χ0) is 84.3. The molecule has 0 saturated carbocycles. The van der Waals surface area contributed by atoms with Crippen LogP contribution in [0.25, 0.3) is 0 Å². The fourth-order valence-electron chi connectivity index (χ4n) is 6.95. The molecule has 1 saturated heterocycles. The summed E-state index contributed by atoms with van der Waals surface area (Å²) in [6.07, 6.45) is 1.73. The van der Waals surface area contributed by atoms with Gasteiger partial charge >= 0.3 is 86.0 Å². The SMILES string of the molecule is CC(C)(C)OP(=O)(O)OCCOCCOCCOCCOCCOCCOP(=O)(O)OCCOP(=O)(O)OCCOP(=O)(O)OCCOP(=O)(O)OCCOP(=O)(O)OCCOP(=O)(O)OCCOP(=O)(O)OCCOP(=O)(O)OCCOP(=O)(O)OCCOP(=O)(O)OCSC1CC(=O)N(CCN2C(=O)C=CC2=O)C1=O. The number of thioether (sulfide) groups is 1. The van der Waals surface area contributed by atoms with Gasteiger partial charge in [0.2, 0.25) is 11.8 Å². The van der Waals surface area contributed by atoms with E-state index in [4.69, 9.17) is 41.8 Å². The van der Waals surface area contributed by atoms with Crippen molar-refractivity contribution in [2.45, 2.75) is 38.0 Å². The first-order valence-corrected chi connectivity index (χ1v) is 49.2. The Hall–Kier alpha value is -0.620. The van der Waals surface area contributed by atoms with Gasteiger partial charge in [-0.05, 0) is 20.8 Å². The van der Waals surface area contributed by atoms with Crippen molar-refractivity contribution in [3.05, 3.63) is 12.2 Å². The standard InChI is InChI=1S/C45H91N2O53P11S/c1-45(2,3)100-111(72,73)98-19-17-78-15-13-76-11-9-74-8-10-75-12-14-77-16-18-79-101(52,53)80-20-21-81-102(54,55)82-22-23-83-103(56,57)84-24-25-85-104(58,59)86-26-27-87-105(60,61)88-28-29-89-106(62,63)90-30-31-91-107(64,65)92-32-33-93-108(66,67)94-34-35-95-109(68,69)96-36-37-97-110(70,71)99-39-112-40-38-43(50)47(44(40)51)7-6-46-41(48)4-5-42(46)49/h4-5,40H,6-39H2,1-3H3,(H,52,53)(H,54,55)(H,56,57)(H,58,59)(H,60,61)(H,62,63)(H,64,65)(H,66,67)(H,68,69)(H,70,71)(H,72,73). The second-order valence-electron chi connectivity index (χ2n) is 21.2. The van der Waals surface area contributed by atoms with Crippen molar-refractivity contribution < 1.29 is 246 Å². The molecule has 2 rings (SSSR count). The van der Waals surface area contributed by atoms with Gasteiger partial charge in [0.1, 0.15) is 5.94 Å². The Morgan fingerprint density at radius 2 is 0.473 bits per heavy atom. The lowest BCUT2D eigenvalue weighted by molar-refractivity contribution is -0.142. The Kier molecular flexibility index (Phi) is 51.8. The number of likely N-dealkylation sites (tertiary alicyclic amines) is 1. The Morgan fingerprint density at radius 1 is 0.295 bits per heavy atom. The Balaban J connectivity index is 1.44. The fourth-order valence-corrected chi connectivity index (χ4v) is 16.0. The normalized spacial score (nSPS) is 20.4. The molecule has 67 heteroatoms. The van der Waals surface area contributed by atoms with Crippen LogP contribution in [0.1, 0.15) is 27.2 Å². The van der Waals surface area contributed by atoms with Gasteiger partial charge in [0.05, 0.1) is 209 Å². The average Bonchev–Trinajstić information content (AvgIpc) is 1.68. The molecule has 2 heterocycles. The number of amides is 4. The summed E-state index contributed by atoms with van der Waals surface area (Å²) in [5.74, 6) is -3.21. The highest BCUT2D eigenvalue weighted by Crippen LogP contribution is 2.52. The van der Waals surface area contributed by atoms with Crippen LogP contribution in [0.4, 0.5) is 0 Å². The van der Waals surface area contributed by atoms with Crippen LogP contribution in [0.5, 0.6) is 0 Å². The summed E-state index contributed by atoms with van der Waals surface area (Å²) in [4.78, 5) is 158. The van der Waals surface area contributed by atoms with Gasteiger partial charge in [-0.3, -0.25) is 129 Å². The third kappa shape index (κ3) is 56.1. The quantitative estimate of drug-likeness (QED) is 0.0180. The van der Waals surface area contributed by atoms with Gasteiger partial charge in [-0.15, -0.1) is 11.8 Å². The molecule has 0 aromatic rings. The summed E-state index contributed by atoms with van der Waals surface area (Å²) >= 11 is 0.657. The molecule has 0 aliphatic carbocycles. The molecule has 0 aromatic carbocycles. The van der Waals surface area contributed by atoms with Gasteiger partial charge in [-0.2, -0.15) is 0 Å². The molecule has 0 bridgehead atoms. The molecule has 2 aliphatic heterocycles. The fraction of sp³-hybridized carbons (Fsp3) is 0.867. The molecule has 12 atom stereocenters. The lowest BCUT2D eigenvalue weighted by Crippen LogP contribution is -2.41. The summed E-state index contributed by atoms with van der Waals surface area (Å²) in [6.45, 7) is -10.8. The smallest absolute Gasteiger partial charge is 0.377 e. The van der Waals surface area contributed by atoms with E-state index >= 15 is 0 Å². The van der Waals surface area contributed by atoms with Crippen molar-refractivity contribution in [2.24, 2.45) is 0 Å². The summed E-state index contributed by atoms with van der Waals surface area (Å²) < 4.78 is 260. The number of nitrogens with zero attached hydrogens (tertiary/aromatic N) is 2. The molecule has 112 heavy (non-hydrogen) atoms. The lowest BCUT2D eigenvalue weighted by Gasteiger charge is -2.22. The Labute approximate surface area is 642 Å². The minimum Gasteiger partial charge on any atom is -0.377 e. The second-order valence-corrected chi connectivity index (χ2v) is 38.3. The molecular formula is C45H91N2O53P11S. The second kappa shape index (κ2) is 54.0. The van der Waals surface area contributed by atoms with E-state index in [9.17, 15) is 123 Å². The molecule has 2 aliphatic rings. The van der Waals surface area contributed by atoms with Crippen LogP contribution in [-0.4, -0.2) is 315 Å². The van der Waals surface area contributed by atoms with E-state index in [2.05, 4.69) is 81.4 Å². The topological polar surface area (TPSA) is 734 Å². The number of imide groups is 2. The number of ether oxygens (including phenoxy) is 5. The molecule has 12 unspecified atom stereocenters. The molecule has 1 fully saturated rings. The van der Waals surface area contributed by atoms with Gasteiger partial charge in [0, 0.05) is 31.7 Å². The van der Waals surface area contributed by atoms with E-state index in [1.165, 1.54) is 0 Å². The van der Waals surface area contributed by atoms with Crippen LogP contribution in [-0.2, 0) is 193 Å². The zero-order valence-electron chi connectivity index (χ0n) is 59.6. The molecule has 11 N–H and O–H groups in total. The van der Waals surface area contributed by atoms with Crippen LogP contribution in [0.15, 0.2) is 12.2 Å². The number of rotatable bonds is 73. The first-order valence-electron chi connectivity index (χ1n) is 31.7. The van der Waals surface area contributed by atoms with Crippen molar-refractivity contribution >= 4 is 121 Å². The number of hydrogen-bond donors (Lipinski definition) is 11. The number of phosphoric ester groups is 11. The van der Waals surface area contributed by atoms with E-state index < -0.39 is 252 Å². The summed E-state index contributed by atoms with van der Waals surface area (Å²) in [5.41, 5.74) is -0.856. The predicted octanol–water partition coefficient (Wildman–Crippen LogP) is 2.08. The van der Waals surface area contributed by atoms with Gasteiger partial charge < -0.3 is 77.5 Å². The van der Waals surface area contributed by atoms with Crippen LogP contribution in [0, 0.1) is 0 Å². The van der Waals surface area contributed by atoms with E-state index in [0.717, 1.165) is 22.0 Å². The van der Waals surface area contributed by atoms with Crippen LogP contribution in [0.3, 0.4) is 0 Å². The number of phosphoric acid groups is 11. The predicted molar refractivity (Wildman–Crippen MR) is 367 cm³/mol. The van der Waals surface area contributed by atoms with Gasteiger partial charge in [-0.1, -0.05) is 0 Å². The van der Waals surface area contributed by atoms with Crippen molar-refractivity contribution in [1.82, 2.24) is 9.80 Å². The van der Waals surface area contributed by atoms with E-state index in [1.54, 1.807) is 20.8 Å². The maximum Gasteiger partial charge on any atom is 0.473 e. The van der Waals surface area contributed by atoms with Gasteiger partial charge in [0.25, 0.3) is 11.8 Å². The van der Waals surface area contributed by atoms with Crippen molar-refractivity contribution in [3.8, 4) is 0 Å². The highest BCUT2D eigenvalue weighted by molar-refractivity contribution is 8.00. The molecule has 4 amide bonds. The maximum atomic E-state index is 12.6. The van der Waals surface area contributed by atoms with Crippen molar-refractivity contribution in [3.63, 3.8) is 0 Å². The number of carbonyl (C=O) groups excluding carboxylic acids is 4. The summed E-state index contributed by atoms with van der Waals surface area (Å²) in [6, 6.07) is 0. The van der Waals surface area contributed by atoms with Crippen LogP contribution >= 0.6 is 97.8 Å². The molecule has 55 nitrogen and oxygen atoms in total. The average molecular weight is 1880 g/mol. The molecule has 0 aromatic heterocycles. The highest BCUT2D eigenvalue weighted by atomic mass is 32.2. The summed E-state index contributed by atoms with van der Waals surface area (Å²) in [7, 11) is -53.6. The maximum absolute atomic E-state index is 12.6. The highest BCUT2D eigenvalue weighted by Gasteiger charge is 2.41. The first-order chi connectivity index (χ1) is 52.0. The summed E-state index contributed by atoms with van der Waals surface area (Å²) in [5, 5.41) is -1.04. The first kappa shape index (κ1) is 107. The number of hydrogen-bond acceptors (Lipinski definition) is 43. The molecule has 0 spiro atoms. The Morgan fingerprint density at radius 3 is 0.688 bits per heavy atom. The Bertz CT molecular complexity index is 3410. The minimum atomic E-state index is -5.02. The number of carbonyl (C=O) groups is 4. The lowest BCUT2D eigenvalue weighted by atomic mass is 10.2. The van der Waals surface area contributed by atoms with Gasteiger partial charge in [0.15, 0.2) is 0 Å². The van der Waals surface area contributed by atoms with Crippen molar-refractivity contribution in [1.29, 1.82) is 0 Å². The monoisotopic (exact) mass is 1880 g/mol. The van der Waals surface area contributed by atoms with E-state index in [0.29, 0.717) is 11.8 Å². The third-order valence-corrected chi connectivity index (χ3v) is 23.9. The molecular weight excluding hydrogens is 1790 g/mol. The van der Waals surface area contributed by atoms with E-state index in [1.807, 2.05) is 0 Å². The van der Waals surface area contributed by atoms with E-state index in [-0.39, 0.29) is 92.2 Å². The van der Waals surface area contributed by atoms with Gasteiger partial charge in [-0.25, -0.2) is 50.2 Å². The zero-order valence-corrected chi connectivity index (χ0v) is 70.2. The molecule has 0 radical (unpaired) electrons. The van der Waals surface area contributed by atoms with Crippen LogP contribution in [0.2, 0.25) is 0 Å². The third-order valence-electron chi connectivity index (χ3n) is 11.3. The van der Waals surface area contributed by atoms with Crippen molar-refractivity contribution in [2.75, 3.05) is 217 Å². The van der Waals surface area contributed by atoms with Crippen LogP contribution < -0.4 is 0 Å². The minimum absolute atomic E-state index is 0.0520. The molecule has 660 valence electrons. The largest absolute Gasteiger partial charge is 0.473 e.